The molecule has 5 nitrogen and oxygen atoms in total. The van der Waals surface area contributed by atoms with Crippen LogP contribution < -0.4 is 9.47 Å². The fraction of sp³-hybridized carbons (Fsp3) is 0.222. The van der Waals surface area contributed by atoms with Crippen molar-refractivity contribution in [3.05, 3.63) is 59.7 Å². The number of esters is 1. The Labute approximate surface area is 134 Å². The zero-order valence-electron chi connectivity index (χ0n) is 12.6. The van der Waals surface area contributed by atoms with Gasteiger partial charge in [-0.3, -0.25) is 0 Å². The van der Waals surface area contributed by atoms with Gasteiger partial charge in [-0.2, -0.15) is 5.26 Å². The van der Waals surface area contributed by atoms with E-state index in [1.54, 1.807) is 43.3 Å². The van der Waals surface area contributed by atoms with Crippen molar-refractivity contribution < 1.29 is 19.0 Å². The molecule has 3 rings (SSSR count). The summed E-state index contributed by atoms with van der Waals surface area (Å²) in [5.74, 6) is 0.614. The number of hydrogen-bond acceptors (Lipinski definition) is 5. The molecule has 116 valence electrons. The third-order valence-corrected chi connectivity index (χ3v) is 3.58. The van der Waals surface area contributed by atoms with Gasteiger partial charge in [0.25, 0.3) is 0 Å². The highest BCUT2D eigenvalue weighted by Gasteiger charge is 2.35. The van der Waals surface area contributed by atoms with Crippen LogP contribution in [0.4, 0.5) is 0 Å². The van der Waals surface area contributed by atoms with Gasteiger partial charge in [0, 0.05) is 5.56 Å². The van der Waals surface area contributed by atoms with E-state index in [1.165, 1.54) is 0 Å². The Morgan fingerprint density at radius 2 is 1.78 bits per heavy atom. The molecule has 0 N–H and O–H groups in total. The topological polar surface area (TPSA) is 68.6 Å². The maximum Gasteiger partial charge on any atom is 0.351 e. The smallest absolute Gasteiger partial charge is 0.351 e. The van der Waals surface area contributed by atoms with E-state index in [0.717, 1.165) is 0 Å². The van der Waals surface area contributed by atoms with Gasteiger partial charge in [-0.15, -0.1) is 0 Å². The third-order valence-electron chi connectivity index (χ3n) is 3.58. The van der Waals surface area contributed by atoms with Crippen LogP contribution >= 0.6 is 0 Å². The summed E-state index contributed by atoms with van der Waals surface area (Å²) in [4.78, 5) is 12.3. The van der Waals surface area contributed by atoms with Crippen molar-refractivity contribution in [3.8, 4) is 17.6 Å². The largest absolute Gasteiger partial charge is 0.482 e. The van der Waals surface area contributed by atoms with Crippen LogP contribution in [0.5, 0.6) is 11.5 Å². The van der Waals surface area contributed by atoms with Crippen LogP contribution in [0.1, 0.15) is 18.1 Å². The molecule has 1 aliphatic heterocycles. The molecular formula is C18H15NO4. The predicted molar refractivity (Wildman–Crippen MR) is 81.9 cm³/mol. The van der Waals surface area contributed by atoms with Gasteiger partial charge in [0.2, 0.25) is 6.10 Å². The summed E-state index contributed by atoms with van der Waals surface area (Å²) >= 11 is 0. The molecule has 0 spiro atoms. The highest BCUT2D eigenvalue weighted by molar-refractivity contribution is 5.76. The number of benzene rings is 2. The molecule has 0 radical (unpaired) electrons. The molecular weight excluding hydrogens is 294 g/mol. The zero-order valence-corrected chi connectivity index (χ0v) is 12.6. The lowest BCUT2D eigenvalue weighted by atomic mass is 10.1. The van der Waals surface area contributed by atoms with Gasteiger partial charge in [-0.25, -0.2) is 4.79 Å². The van der Waals surface area contributed by atoms with Crippen molar-refractivity contribution in [3.63, 3.8) is 0 Å². The average Bonchev–Trinajstić information content (AvgIpc) is 2.59. The Morgan fingerprint density at radius 1 is 1.13 bits per heavy atom. The van der Waals surface area contributed by atoms with Crippen LogP contribution in [0.3, 0.4) is 0 Å². The number of para-hydroxylation sites is 2. The molecule has 2 aromatic rings. The standard InChI is InChI=1S/C18H15NO4/c1-12-17(23-16-9-5-4-8-15(16)22-12)18(20)21-11-14-7-3-2-6-13(14)10-19/h2-9,12,17H,11H2,1H3/t12-,17-/m1/s1. The van der Waals surface area contributed by atoms with E-state index in [4.69, 9.17) is 19.5 Å². The second-order valence-corrected chi connectivity index (χ2v) is 5.18. The lowest BCUT2D eigenvalue weighted by molar-refractivity contribution is -0.159. The number of carbonyl (C=O) groups excluding carboxylic acids is 1. The monoisotopic (exact) mass is 309 g/mol. The highest BCUT2D eigenvalue weighted by Crippen LogP contribution is 2.33. The third kappa shape index (κ3) is 3.11. The van der Waals surface area contributed by atoms with Crippen LogP contribution in [0.25, 0.3) is 0 Å². The Hall–Kier alpha value is -3.00. The number of carbonyl (C=O) groups is 1. The lowest BCUT2D eigenvalue weighted by Crippen LogP contribution is -2.44. The molecule has 23 heavy (non-hydrogen) atoms. The zero-order chi connectivity index (χ0) is 16.2. The summed E-state index contributed by atoms with van der Waals surface area (Å²) in [5.41, 5.74) is 1.15. The van der Waals surface area contributed by atoms with Gasteiger partial charge in [0.1, 0.15) is 12.7 Å². The fourth-order valence-electron chi connectivity index (χ4n) is 2.37. The van der Waals surface area contributed by atoms with Crippen LogP contribution in [0.2, 0.25) is 0 Å². The second kappa shape index (κ2) is 6.41. The number of hydrogen-bond donors (Lipinski definition) is 0. The predicted octanol–water partition coefficient (Wildman–Crippen LogP) is 2.83. The van der Waals surface area contributed by atoms with E-state index in [1.807, 2.05) is 12.1 Å². The molecule has 0 fully saturated rings. The summed E-state index contributed by atoms with van der Waals surface area (Å²) in [5, 5.41) is 9.05. The molecule has 1 aliphatic rings. The maximum atomic E-state index is 12.3. The maximum absolute atomic E-state index is 12.3. The van der Waals surface area contributed by atoms with Gasteiger partial charge in [0.15, 0.2) is 11.5 Å². The molecule has 0 amide bonds. The molecule has 0 saturated heterocycles. The van der Waals surface area contributed by atoms with Gasteiger partial charge in [-0.05, 0) is 25.1 Å². The molecule has 0 aliphatic carbocycles. The molecule has 0 saturated carbocycles. The highest BCUT2D eigenvalue weighted by atomic mass is 16.6. The van der Waals surface area contributed by atoms with Gasteiger partial charge >= 0.3 is 5.97 Å². The Bertz CT molecular complexity index is 766. The molecule has 0 bridgehead atoms. The summed E-state index contributed by atoms with van der Waals surface area (Å²) in [6.07, 6.45) is -1.29. The van der Waals surface area contributed by atoms with E-state index >= 15 is 0 Å². The molecule has 5 heteroatoms. The quantitative estimate of drug-likeness (QED) is 0.815. The Morgan fingerprint density at radius 3 is 2.52 bits per heavy atom. The van der Waals surface area contributed by atoms with Crippen LogP contribution in [-0.4, -0.2) is 18.2 Å². The van der Waals surface area contributed by atoms with E-state index < -0.39 is 18.2 Å². The molecule has 2 atom stereocenters. The molecule has 1 heterocycles. The molecule has 2 aromatic carbocycles. The van der Waals surface area contributed by atoms with E-state index in [0.29, 0.717) is 22.6 Å². The fourth-order valence-corrected chi connectivity index (χ4v) is 2.37. The Kier molecular flexibility index (Phi) is 4.15. The summed E-state index contributed by atoms with van der Waals surface area (Å²) in [6.45, 7) is 1.78. The summed E-state index contributed by atoms with van der Waals surface area (Å²) in [7, 11) is 0. The number of nitriles is 1. The van der Waals surface area contributed by atoms with E-state index in [9.17, 15) is 4.79 Å². The van der Waals surface area contributed by atoms with Gasteiger partial charge in [0.05, 0.1) is 11.6 Å². The van der Waals surface area contributed by atoms with Crippen LogP contribution in [-0.2, 0) is 16.1 Å². The van der Waals surface area contributed by atoms with E-state index in [-0.39, 0.29) is 6.61 Å². The number of rotatable bonds is 3. The minimum Gasteiger partial charge on any atom is -0.482 e. The number of fused-ring (bicyclic) bond motifs is 1. The van der Waals surface area contributed by atoms with Crippen molar-refractivity contribution in [2.24, 2.45) is 0 Å². The minimum atomic E-state index is -0.834. The molecule has 0 aromatic heterocycles. The number of nitrogens with zero attached hydrogens (tertiary/aromatic N) is 1. The van der Waals surface area contributed by atoms with Crippen molar-refractivity contribution in [1.29, 1.82) is 5.26 Å². The second-order valence-electron chi connectivity index (χ2n) is 5.18. The van der Waals surface area contributed by atoms with Crippen molar-refractivity contribution in [1.82, 2.24) is 0 Å². The van der Waals surface area contributed by atoms with Gasteiger partial charge in [-0.1, -0.05) is 30.3 Å². The normalized spacial score (nSPS) is 18.8. The summed E-state index contributed by atoms with van der Waals surface area (Å²) in [6, 6.07) is 16.2. The lowest BCUT2D eigenvalue weighted by Gasteiger charge is -2.30. The van der Waals surface area contributed by atoms with Crippen molar-refractivity contribution in [2.75, 3.05) is 0 Å². The SMILES string of the molecule is C[C@H]1Oc2ccccc2O[C@H]1C(=O)OCc1ccccc1C#N. The minimum absolute atomic E-state index is 0.0246. The van der Waals surface area contributed by atoms with Gasteiger partial charge < -0.3 is 14.2 Å². The number of ether oxygens (including phenoxy) is 3. The van der Waals surface area contributed by atoms with Crippen LogP contribution in [0.15, 0.2) is 48.5 Å². The first kappa shape index (κ1) is 14.9. The first-order valence-electron chi connectivity index (χ1n) is 7.26. The Balaban J connectivity index is 1.68. The van der Waals surface area contributed by atoms with E-state index in [2.05, 4.69) is 6.07 Å². The summed E-state index contributed by atoms with van der Waals surface area (Å²) < 4.78 is 16.7. The molecule has 0 unspecified atom stereocenters. The first-order valence-corrected chi connectivity index (χ1v) is 7.26. The van der Waals surface area contributed by atoms with Crippen molar-refractivity contribution in [2.45, 2.75) is 25.7 Å². The first-order chi connectivity index (χ1) is 11.2. The van der Waals surface area contributed by atoms with Crippen LogP contribution in [0, 0.1) is 11.3 Å². The van der Waals surface area contributed by atoms with Crippen molar-refractivity contribution >= 4 is 5.97 Å². The average molecular weight is 309 g/mol.